The summed E-state index contributed by atoms with van der Waals surface area (Å²) in [5.41, 5.74) is 1.17. The first-order valence-corrected chi connectivity index (χ1v) is 5.29. The van der Waals surface area contributed by atoms with Crippen LogP contribution in [0.25, 0.3) is 0 Å². The summed E-state index contributed by atoms with van der Waals surface area (Å²) in [5, 5.41) is 2.95. The van der Waals surface area contributed by atoms with Crippen LogP contribution in [0.15, 0.2) is 24.3 Å². The van der Waals surface area contributed by atoms with Crippen LogP contribution in [0.1, 0.15) is 18.9 Å². The van der Waals surface area contributed by atoms with E-state index in [0.717, 1.165) is 12.2 Å². The normalized spacial score (nSPS) is 18.9. The lowest BCUT2D eigenvalue weighted by Gasteiger charge is -2.25. The van der Waals surface area contributed by atoms with Crippen LogP contribution in [0.2, 0.25) is 0 Å². The van der Waals surface area contributed by atoms with Crippen molar-refractivity contribution in [1.82, 2.24) is 5.32 Å². The van der Waals surface area contributed by atoms with Crippen LogP contribution in [0, 0.1) is 0 Å². The minimum Gasteiger partial charge on any atom is -0.491 e. The van der Waals surface area contributed by atoms with Gasteiger partial charge in [-0.3, -0.25) is 4.79 Å². The molecule has 3 heteroatoms. The molecular weight excluding hydrogens is 190 g/mol. The number of hydrogen-bond acceptors (Lipinski definition) is 2. The number of carbonyl (C=O) groups is 1. The third-order valence-corrected chi connectivity index (χ3v) is 2.57. The van der Waals surface area contributed by atoms with Gasteiger partial charge in [-0.25, -0.2) is 0 Å². The monoisotopic (exact) mass is 205 g/mol. The molecule has 0 bridgehead atoms. The molecule has 1 aliphatic rings. The van der Waals surface area contributed by atoms with E-state index < -0.39 is 0 Å². The molecule has 0 unspecified atom stereocenters. The van der Waals surface area contributed by atoms with Crippen LogP contribution < -0.4 is 10.1 Å². The number of fused-ring (bicyclic) bond motifs is 1. The Labute approximate surface area is 89.4 Å². The molecule has 1 aromatic rings. The maximum absolute atomic E-state index is 11.2. The number of ether oxygens (including phenoxy) is 1. The van der Waals surface area contributed by atoms with Gasteiger partial charge in [-0.05, 0) is 18.1 Å². The Balaban J connectivity index is 2.02. The van der Waals surface area contributed by atoms with E-state index in [-0.39, 0.29) is 11.9 Å². The predicted octanol–water partition coefficient (Wildman–Crippen LogP) is 1.52. The summed E-state index contributed by atoms with van der Waals surface area (Å²) in [6.07, 6.45) is 1.39. The zero-order valence-corrected chi connectivity index (χ0v) is 8.82. The first-order chi connectivity index (χ1) is 7.29. The first-order valence-electron chi connectivity index (χ1n) is 5.29. The average molecular weight is 205 g/mol. The van der Waals surface area contributed by atoms with Crippen molar-refractivity contribution >= 4 is 5.91 Å². The van der Waals surface area contributed by atoms with E-state index in [9.17, 15) is 4.79 Å². The molecule has 0 saturated heterocycles. The molecule has 1 amide bonds. The second-order valence-electron chi connectivity index (χ2n) is 3.74. The third-order valence-electron chi connectivity index (χ3n) is 2.57. The highest BCUT2D eigenvalue weighted by atomic mass is 16.5. The topological polar surface area (TPSA) is 38.3 Å². The summed E-state index contributed by atoms with van der Waals surface area (Å²) in [6, 6.07) is 8.08. The summed E-state index contributed by atoms with van der Waals surface area (Å²) >= 11 is 0. The third kappa shape index (κ3) is 2.29. The van der Waals surface area contributed by atoms with Crippen LogP contribution in [-0.2, 0) is 11.2 Å². The number of hydrogen-bond donors (Lipinski definition) is 1. The zero-order chi connectivity index (χ0) is 10.7. The predicted molar refractivity (Wildman–Crippen MR) is 57.9 cm³/mol. The minimum absolute atomic E-state index is 0.0861. The van der Waals surface area contributed by atoms with E-state index in [1.807, 2.05) is 31.2 Å². The van der Waals surface area contributed by atoms with Crippen molar-refractivity contribution in [3.8, 4) is 5.75 Å². The molecule has 80 valence electrons. The Kier molecular flexibility index (Phi) is 2.90. The molecule has 2 rings (SSSR count). The van der Waals surface area contributed by atoms with Crippen molar-refractivity contribution in [1.29, 1.82) is 0 Å². The van der Waals surface area contributed by atoms with E-state index in [0.29, 0.717) is 13.0 Å². The SMILES string of the molecule is CCC(=O)N[C@@H]1COc2ccccc2C1. The van der Waals surface area contributed by atoms with E-state index in [4.69, 9.17) is 4.74 Å². The van der Waals surface area contributed by atoms with Gasteiger partial charge >= 0.3 is 0 Å². The van der Waals surface area contributed by atoms with E-state index >= 15 is 0 Å². The van der Waals surface area contributed by atoms with Gasteiger partial charge in [-0.15, -0.1) is 0 Å². The Hall–Kier alpha value is -1.51. The number of amides is 1. The van der Waals surface area contributed by atoms with E-state index in [1.54, 1.807) is 0 Å². The summed E-state index contributed by atoms with van der Waals surface area (Å²) in [4.78, 5) is 11.2. The quantitative estimate of drug-likeness (QED) is 0.795. The second-order valence-corrected chi connectivity index (χ2v) is 3.74. The van der Waals surface area contributed by atoms with Gasteiger partial charge in [0.1, 0.15) is 12.4 Å². The van der Waals surface area contributed by atoms with Crippen LogP contribution in [-0.4, -0.2) is 18.6 Å². The lowest BCUT2D eigenvalue weighted by Crippen LogP contribution is -2.42. The Morgan fingerprint density at radius 2 is 2.33 bits per heavy atom. The van der Waals surface area contributed by atoms with Crippen LogP contribution in [0.3, 0.4) is 0 Å². The van der Waals surface area contributed by atoms with E-state index in [2.05, 4.69) is 5.32 Å². The molecule has 0 aromatic heterocycles. The van der Waals surface area contributed by atoms with Crippen LogP contribution in [0.5, 0.6) is 5.75 Å². The number of para-hydroxylation sites is 1. The molecule has 0 radical (unpaired) electrons. The molecule has 0 fully saturated rings. The van der Waals surface area contributed by atoms with Gasteiger partial charge in [-0.1, -0.05) is 25.1 Å². The van der Waals surface area contributed by atoms with Crippen molar-refractivity contribution in [2.75, 3.05) is 6.61 Å². The van der Waals surface area contributed by atoms with Crippen LogP contribution >= 0.6 is 0 Å². The highest BCUT2D eigenvalue weighted by Crippen LogP contribution is 2.23. The number of nitrogens with one attached hydrogen (secondary N) is 1. The molecule has 15 heavy (non-hydrogen) atoms. The standard InChI is InChI=1S/C12H15NO2/c1-2-12(14)13-10-7-9-5-3-4-6-11(9)15-8-10/h3-6,10H,2,7-8H2,1H3,(H,13,14)/t10-/m0/s1. The molecular formula is C12H15NO2. The molecule has 1 heterocycles. The van der Waals surface area contributed by atoms with Gasteiger partial charge in [0.25, 0.3) is 0 Å². The van der Waals surface area contributed by atoms with Crippen molar-refractivity contribution < 1.29 is 9.53 Å². The molecule has 1 aromatic carbocycles. The fraction of sp³-hybridized carbons (Fsp3) is 0.417. The Morgan fingerprint density at radius 1 is 1.53 bits per heavy atom. The molecule has 1 aliphatic heterocycles. The fourth-order valence-electron chi connectivity index (χ4n) is 1.75. The average Bonchev–Trinajstić information content (AvgIpc) is 2.29. The highest BCUT2D eigenvalue weighted by Gasteiger charge is 2.20. The Bertz CT molecular complexity index is 362. The molecule has 1 atom stereocenters. The van der Waals surface area contributed by atoms with Crippen molar-refractivity contribution in [3.63, 3.8) is 0 Å². The summed E-state index contributed by atoms with van der Waals surface area (Å²) in [5.74, 6) is 1.03. The van der Waals surface area contributed by atoms with Gasteiger partial charge in [0.05, 0.1) is 6.04 Å². The lowest BCUT2D eigenvalue weighted by molar-refractivity contribution is -0.121. The van der Waals surface area contributed by atoms with Gasteiger partial charge in [-0.2, -0.15) is 0 Å². The lowest BCUT2D eigenvalue weighted by atomic mass is 10.0. The molecule has 0 spiro atoms. The molecule has 0 saturated carbocycles. The minimum atomic E-state index is 0.0861. The summed E-state index contributed by atoms with van der Waals surface area (Å²) in [6.45, 7) is 2.43. The van der Waals surface area contributed by atoms with Crippen molar-refractivity contribution in [2.24, 2.45) is 0 Å². The van der Waals surface area contributed by atoms with Crippen LogP contribution in [0.4, 0.5) is 0 Å². The fourth-order valence-corrected chi connectivity index (χ4v) is 1.75. The number of rotatable bonds is 2. The highest BCUT2D eigenvalue weighted by molar-refractivity contribution is 5.75. The first kappa shape index (κ1) is 10.0. The Morgan fingerprint density at radius 3 is 3.13 bits per heavy atom. The maximum Gasteiger partial charge on any atom is 0.220 e. The van der Waals surface area contributed by atoms with Gasteiger partial charge in [0.15, 0.2) is 0 Å². The van der Waals surface area contributed by atoms with Gasteiger partial charge < -0.3 is 10.1 Å². The second kappa shape index (κ2) is 4.34. The summed E-state index contributed by atoms with van der Waals surface area (Å²) in [7, 11) is 0. The summed E-state index contributed by atoms with van der Waals surface area (Å²) < 4.78 is 5.57. The molecule has 0 aliphatic carbocycles. The maximum atomic E-state index is 11.2. The van der Waals surface area contributed by atoms with Gasteiger partial charge in [0.2, 0.25) is 5.91 Å². The van der Waals surface area contributed by atoms with E-state index in [1.165, 1.54) is 5.56 Å². The molecule has 3 nitrogen and oxygen atoms in total. The van der Waals surface area contributed by atoms with Crippen molar-refractivity contribution in [3.05, 3.63) is 29.8 Å². The van der Waals surface area contributed by atoms with Crippen molar-refractivity contribution in [2.45, 2.75) is 25.8 Å². The smallest absolute Gasteiger partial charge is 0.220 e. The zero-order valence-electron chi connectivity index (χ0n) is 8.82. The number of benzene rings is 1. The molecule has 1 N–H and O–H groups in total. The number of carbonyl (C=O) groups excluding carboxylic acids is 1. The van der Waals surface area contributed by atoms with Gasteiger partial charge in [0, 0.05) is 6.42 Å². The largest absolute Gasteiger partial charge is 0.491 e.